The summed E-state index contributed by atoms with van der Waals surface area (Å²) < 4.78 is 0. The van der Waals surface area contributed by atoms with Crippen LogP contribution in [0.4, 0.5) is 0 Å². The van der Waals surface area contributed by atoms with Crippen LogP contribution in [0.3, 0.4) is 0 Å². The fraction of sp³-hybridized carbons (Fsp3) is 0. The summed E-state index contributed by atoms with van der Waals surface area (Å²) in [5, 5.41) is 0.896. The van der Waals surface area contributed by atoms with Gasteiger partial charge in [0.1, 0.15) is 5.69 Å². The molecule has 0 radical (unpaired) electrons. The van der Waals surface area contributed by atoms with Gasteiger partial charge in [-0.1, -0.05) is 0 Å². The van der Waals surface area contributed by atoms with E-state index in [1.54, 1.807) is 18.3 Å². The van der Waals surface area contributed by atoms with E-state index in [0.717, 1.165) is 5.39 Å². The first-order chi connectivity index (χ1) is 6.27. The Hall–Kier alpha value is -1.39. The summed E-state index contributed by atoms with van der Waals surface area (Å²) in [6, 6.07) is 7.05. The monoisotopic (exact) mass is 245 g/mol. The molecule has 0 saturated heterocycles. The van der Waals surface area contributed by atoms with Crippen LogP contribution < -0.4 is 5.73 Å². The van der Waals surface area contributed by atoms with E-state index in [4.69, 9.17) is 5.73 Å². The molecule has 1 amide bonds. The number of nitrogens with zero attached hydrogens (tertiary/aromatic N) is 2. The van der Waals surface area contributed by atoms with Crippen LogP contribution in [-0.4, -0.2) is 15.9 Å². The minimum Gasteiger partial charge on any atom is -0.364 e. The smallest absolute Gasteiger partial charge is 0.267 e. The normalized spacial score (nSPS) is 8.80. The highest BCUT2D eigenvalue weighted by atomic mass is 35.5. The predicted molar refractivity (Wildman–Crippen MR) is 62.6 cm³/mol. The molecule has 4 nitrogen and oxygen atoms in total. The molecule has 2 heterocycles. The SMILES string of the molecule is Cl.Cl.NC(=O)c1ccc2cccnc2n1. The lowest BCUT2D eigenvalue weighted by Crippen LogP contribution is -2.12. The molecule has 0 aliphatic rings. The van der Waals surface area contributed by atoms with Crippen LogP contribution >= 0.6 is 24.8 Å². The Balaban J connectivity index is 0.000000980. The lowest BCUT2D eigenvalue weighted by atomic mass is 10.2. The number of carbonyl (C=O) groups excluding carboxylic acids is 1. The fourth-order valence-corrected chi connectivity index (χ4v) is 1.09. The number of carbonyl (C=O) groups is 1. The maximum atomic E-state index is 10.8. The number of aromatic nitrogens is 2. The molecule has 0 bridgehead atoms. The van der Waals surface area contributed by atoms with Gasteiger partial charge in [0.25, 0.3) is 5.91 Å². The summed E-state index contributed by atoms with van der Waals surface area (Å²) in [7, 11) is 0. The third-order valence-corrected chi connectivity index (χ3v) is 1.72. The number of fused-ring (bicyclic) bond motifs is 1. The maximum absolute atomic E-state index is 10.8. The molecular weight excluding hydrogens is 237 g/mol. The molecular formula is C9H9Cl2N3O. The molecule has 6 heteroatoms. The molecule has 80 valence electrons. The molecule has 2 rings (SSSR count). The summed E-state index contributed by atoms with van der Waals surface area (Å²) in [6.45, 7) is 0. The van der Waals surface area contributed by atoms with Gasteiger partial charge in [-0.25, -0.2) is 9.97 Å². The number of hydrogen-bond donors (Lipinski definition) is 1. The highest BCUT2D eigenvalue weighted by Crippen LogP contribution is 2.08. The van der Waals surface area contributed by atoms with Crippen LogP contribution in [0.2, 0.25) is 0 Å². The molecule has 0 saturated carbocycles. The maximum Gasteiger partial charge on any atom is 0.267 e. The summed E-state index contributed by atoms with van der Waals surface area (Å²) >= 11 is 0. The Morgan fingerprint density at radius 2 is 1.93 bits per heavy atom. The third kappa shape index (κ3) is 2.78. The van der Waals surface area contributed by atoms with Gasteiger partial charge in [-0.15, -0.1) is 24.8 Å². The molecule has 2 aromatic rings. The molecule has 0 atom stereocenters. The average molecular weight is 246 g/mol. The van der Waals surface area contributed by atoms with E-state index in [-0.39, 0.29) is 30.5 Å². The minimum atomic E-state index is -0.535. The lowest BCUT2D eigenvalue weighted by Gasteiger charge is -1.96. The van der Waals surface area contributed by atoms with Crippen LogP contribution in [-0.2, 0) is 0 Å². The first-order valence-electron chi connectivity index (χ1n) is 3.79. The molecule has 2 N–H and O–H groups in total. The number of hydrogen-bond acceptors (Lipinski definition) is 3. The summed E-state index contributed by atoms with van der Waals surface area (Å²) in [5.41, 5.74) is 5.86. The molecule has 0 spiro atoms. The first kappa shape index (κ1) is 13.6. The van der Waals surface area contributed by atoms with Gasteiger partial charge >= 0.3 is 0 Å². The number of pyridine rings is 2. The summed E-state index contributed by atoms with van der Waals surface area (Å²) in [5.74, 6) is -0.535. The van der Waals surface area contributed by atoms with Crippen molar-refractivity contribution in [2.45, 2.75) is 0 Å². The molecule has 2 aromatic heterocycles. The molecule has 0 aliphatic heterocycles. The lowest BCUT2D eigenvalue weighted by molar-refractivity contribution is 0.0996. The topological polar surface area (TPSA) is 68.9 Å². The Kier molecular flexibility index (Phi) is 4.97. The number of primary amides is 1. The van der Waals surface area contributed by atoms with Crippen molar-refractivity contribution in [3.8, 4) is 0 Å². The van der Waals surface area contributed by atoms with Gasteiger partial charge in [-0.3, -0.25) is 4.79 Å². The van der Waals surface area contributed by atoms with Crippen molar-refractivity contribution in [1.29, 1.82) is 0 Å². The third-order valence-electron chi connectivity index (χ3n) is 1.72. The van der Waals surface area contributed by atoms with Gasteiger partial charge in [0, 0.05) is 11.6 Å². The molecule has 0 aromatic carbocycles. The second-order valence-electron chi connectivity index (χ2n) is 2.61. The number of rotatable bonds is 1. The zero-order chi connectivity index (χ0) is 9.26. The molecule has 15 heavy (non-hydrogen) atoms. The Labute approximate surface area is 98.7 Å². The van der Waals surface area contributed by atoms with Crippen molar-refractivity contribution in [2.24, 2.45) is 5.73 Å². The van der Waals surface area contributed by atoms with E-state index in [1.165, 1.54) is 0 Å². The quantitative estimate of drug-likeness (QED) is 0.830. The standard InChI is InChI=1S/C9H7N3O.2ClH/c10-8(13)7-4-3-6-2-1-5-11-9(6)12-7;;/h1-5H,(H2,10,13);2*1H. The van der Waals surface area contributed by atoms with Crippen molar-refractivity contribution in [3.05, 3.63) is 36.2 Å². The van der Waals surface area contributed by atoms with Crippen LogP contribution in [0, 0.1) is 0 Å². The van der Waals surface area contributed by atoms with Gasteiger partial charge < -0.3 is 5.73 Å². The van der Waals surface area contributed by atoms with Crippen molar-refractivity contribution in [1.82, 2.24) is 9.97 Å². The Morgan fingerprint density at radius 1 is 1.20 bits per heavy atom. The summed E-state index contributed by atoms with van der Waals surface area (Å²) in [4.78, 5) is 18.8. The number of amides is 1. The molecule has 0 fully saturated rings. The van der Waals surface area contributed by atoms with Gasteiger partial charge in [-0.05, 0) is 24.3 Å². The van der Waals surface area contributed by atoms with Crippen molar-refractivity contribution in [2.75, 3.05) is 0 Å². The van der Waals surface area contributed by atoms with Crippen LogP contribution in [0.25, 0.3) is 11.0 Å². The van der Waals surface area contributed by atoms with E-state index in [0.29, 0.717) is 5.65 Å². The minimum absolute atomic E-state index is 0. The highest BCUT2D eigenvalue weighted by molar-refractivity contribution is 5.92. The Bertz CT molecular complexity index is 476. The first-order valence-corrected chi connectivity index (χ1v) is 3.79. The van der Waals surface area contributed by atoms with Crippen molar-refractivity contribution in [3.63, 3.8) is 0 Å². The van der Waals surface area contributed by atoms with Crippen LogP contribution in [0.15, 0.2) is 30.5 Å². The zero-order valence-corrected chi connectivity index (χ0v) is 9.22. The second kappa shape index (κ2) is 5.48. The zero-order valence-electron chi connectivity index (χ0n) is 7.58. The van der Waals surface area contributed by atoms with Gasteiger partial charge in [-0.2, -0.15) is 0 Å². The van der Waals surface area contributed by atoms with Gasteiger partial charge in [0.2, 0.25) is 0 Å². The van der Waals surface area contributed by atoms with E-state index in [9.17, 15) is 4.79 Å². The molecule has 0 aliphatic carbocycles. The summed E-state index contributed by atoms with van der Waals surface area (Å²) in [6.07, 6.45) is 1.63. The van der Waals surface area contributed by atoms with Crippen molar-refractivity contribution >= 4 is 41.8 Å². The van der Waals surface area contributed by atoms with Crippen LogP contribution in [0.5, 0.6) is 0 Å². The van der Waals surface area contributed by atoms with Gasteiger partial charge in [0.15, 0.2) is 5.65 Å². The van der Waals surface area contributed by atoms with Crippen LogP contribution in [0.1, 0.15) is 10.5 Å². The van der Waals surface area contributed by atoms with E-state index in [2.05, 4.69) is 9.97 Å². The van der Waals surface area contributed by atoms with Crippen molar-refractivity contribution < 1.29 is 4.79 Å². The average Bonchev–Trinajstić information content (AvgIpc) is 2.17. The van der Waals surface area contributed by atoms with E-state index >= 15 is 0 Å². The Morgan fingerprint density at radius 3 is 2.60 bits per heavy atom. The number of halogens is 2. The van der Waals surface area contributed by atoms with E-state index < -0.39 is 5.91 Å². The number of nitrogens with two attached hydrogens (primary N) is 1. The fourth-order valence-electron chi connectivity index (χ4n) is 1.09. The second-order valence-corrected chi connectivity index (χ2v) is 2.61. The van der Waals surface area contributed by atoms with E-state index in [1.807, 2.05) is 12.1 Å². The predicted octanol–water partition coefficient (Wildman–Crippen LogP) is 1.57. The molecule has 0 unspecified atom stereocenters. The highest BCUT2D eigenvalue weighted by Gasteiger charge is 2.02. The largest absolute Gasteiger partial charge is 0.364 e. The van der Waals surface area contributed by atoms with Gasteiger partial charge in [0.05, 0.1) is 0 Å².